The largest absolute Gasteiger partial charge is 0.340 e. The van der Waals surface area contributed by atoms with Crippen LogP contribution in [0, 0.1) is 16.7 Å². The normalized spacial score (nSPS) is 20.7. The molecule has 0 radical (unpaired) electrons. The average Bonchev–Trinajstić information content (AvgIpc) is 2.81. The van der Waals surface area contributed by atoms with Gasteiger partial charge in [-0.3, -0.25) is 4.79 Å². The molecule has 1 aliphatic rings. The summed E-state index contributed by atoms with van der Waals surface area (Å²) in [7, 11) is 4.08. The third kappa shape index (κ3) is 2.61. The van der Waals surface area contributed by atoms with E-state index >= 15 is 0 Å². The van der Waals surface area contributed by atoms with Crippen molar-refractivity contribution < 1.29 is 4.79 Å². The van der Waals surface area contributed by atoms with Gasteiger partial charge in [0.15, 0.2) is 0 Å². The van der Waals surface area contributed by atoms with Crippen LogP contribution in [0.15, 0.2) is 0 Å². The van der Waals surface area contributed by atoms with Gasteiger partial charge in [-0.15, -0.1) is 0 Å². The van der Waals surface area contributed by atoms with Crippen LogP contribution in [0.25, 0.3) is 0 Å². The molecule has 1 rings (SSSR count). The Morgan fingerprint density at radius 2 is 2.06 bits per heavy atom. The summed E-state index contributed by atoms with van der Waals surface area (Å²) in [5.74, 6) is 0.0225. The van der Waals surface area contributed by atoms with Gasteiger partial charge in [0.2, 0.25) is 5.91 Å². The molecule has 4 nitrogen and oxygen atoms in total. The van der Waals surface area contributed by atoms with Crippen molar-refractivity contribution in [2.45, 2.75) is 39.2 Å². The van der Waals surface area contributed by atoms with E-state index in [0.717, 1.165) is 19.5 Å². The fraction of sp³-hybridized carbons (Fsp3) is 0.846. The van der Waals surface area contributed by atoms with Crippen molar-refractivity contribution in [3.63, 3.8) is 0 Å². The van der Waals surface area contributed by atoms with E-state index in [2.05, 4.69) is 11.0 Å². The first-order valence-electron chi connectivity index (χ1n) is 6.37. The summed E-state index contributed by atoms with van der Waals surface area (Å²) >= 11 is 0. The molecule has 0 N–H and O–H groups in total. The zero-order valence-electron chi connectivity index (χ0n) is 11.4. The van der Waals surface area contributed by atoms with Crippen LogP contribution < -0.4 is 0 Å². The molecule has 17 heavy (non-hydrogen) atoms. The smallest absolute Gasteiger partial charge is 0.243 e. The molecule has 1 aliphatic heterocycles. The number of nitriles is 1. The van der Waals surface area contributed by atoms with Crippen LogP contribution >= 0.6 is 0 Å². The maximum absolute atomic E-state index is 12.4. The number of nitrogens with zero attached hydrogens (tertiary/aromatic N) is 3. The number of rotatable bonds is 4. The first-order chi connectivity index (χ1) is 8.00. The summed E-state index contributed by atoms with van der Waals surface area (Å²) in [6.07, 6.45) is 2.21. The van der Waals surface area contributed by atoms with Crippen molar-refractivity contribution in [2.75, 3.05) is 27.2 Å². The molecular weight excluding hydrogens is 214 g/mol. The van der Waals surface area contributed by atoms with Crippen molar-refractivity contribution in [3.05, 3.63) is 0 Å². The van der Waals surface area contributed by atoms with Crippen molar-refractivity contribution in [2.24, 2.45) is 5.41 Å². The van der Waals surface area contributed by atoms with Gasteiger partial charge < -0.3 is 9.80 Å². The van der Waals surface area contributed by atoms with Gasteiger partial charge in [0.05, 0.1) is 6.07 Å². The fourth-order valence-electron chi connectivity index (χ4n) is 2.41. The summed E-state index contributed by atoms with van der Waals surface area (Å²) in [4.78, 5) is 16.4. The van der Waals surface area contributed by atoms with Crippen LogP contribution in [0.2, 0.25) is 0 Å². The van der Waals surface area contributed by atoms with Gasteiger partial charge >= 0.3 is 0 Å². The second kappa shape index (κ2) is 5.50. The maximum Gasteiger partial charge on any atom is 0.243 e. The zero-order chi connectivity index (χ0) is 13.1. The third-order valence-corrected chi connectivity index (χ3v) is 4.01. The van der Waals surface area contributed by atoms with Crippen molar-refractivity contribution >= 4 is 5.91 Å². The second-order valence-corrected chi connectivity index (χ2v) is 5.06. The standard InChI is InChI=1S/C13H23N3O/c1-5-13(6-2,10-14)12(17)16-8-7-11(9-16)15(3)4/h11H,5-9H2,1-4H3. The first-order valence-corrected chi connectivity index (χ1v) is 6.37. The van der Waals surface area contributed by atoms with Crippen LogP contribution in [-0.4, -0.2) is 48.9 Å². The van der Waals surface area contributed by atoms with E-state index in [9.17, 15) is 10.1 Å². The summed E-state index contributed by atoms with van der Waals surface area (Å²) in [5.41, 5.74) is -0.804. The van der Waals surface area contributed by atoms with Crippen LogP contribution in [0.3, 0.4) is 0 Å². The third-order valence-electron chi connectivity index (χ3n) is 4.01. The molecule has 1 saturated heterocycles. The Morgan fingerprint density at radius 3 is 2.41 bits per heavy atom. The Hall–Kier alpha value is -1.08. The van der Waals surface area contributed by atoms with E-state index in [1.54, 1.807) is 0 Å². The monoisotopic (exact) mass is 237 g/mol. The molecule has 0 spiro atoms. The topological polar surface area (TPSA) is 47.3 Å². The minimum absolute atomic E-state index is 0.0225. The van der Waals surface area contributed by atoms with E-state index in [0.29, 0.717) is 18.9 Å². The summed E-state index contributed by atoms with van der Waals surface area (Å²) < 4.78 is 0. The van der Waals surface area contributed by atoms with Gasteiger partial charge in [0, 0.05) is 19.1 Å². The van der Waals surface area contributed by atoms with Gasteiger partial charge in [0.25, 0.3) is 0 Å². The van der Waals surface area contributed by atoms with Crippen molar-refractivity contribution in [1.29, 1.82) is 5.26 Å². The quantitative estimate of drug-likeness (QED) is 0.744. The van der Waals surface area contributed by atoms with Crippen LogP contribution in [-0.2, 0) is 4.79 Å². The molecule has 4 heteroatoms. The molecule has 0 bridgehead atoms. The molecule has 0 aromatic rings. The lowest BCUT2D eigenvalue weighted by atomic mass is 9.82. The molecule has 0 aromatic heterocycles. The number of likely N-dealkylation sites (tertiary alicyclic amines) is 1. The molecular formula is C13H23N3O. The Morgan fingerprint density at radius 1 is 1.47 bits per heavy atom. The fourth-order valence-corrected chi connectivity index (χ4v) is 2.41. The predicted octanol–water partition coefficient (Wildman–Crippen LogP) is 1.48. The van der Waals surface area contributed by atoms with Crippen LogP contribution in [0.1, 0.15) is 33.1 Å². The number of hydrogen-bond donors (Lipinski definition) is 0. The van der Waals surface area contributed by atoms with Gasteiger partial charge in [-0.05, 0) is 33.4 Å². The average molecular weight is 237 g/mol. The molecule has 0 aliphatic carbocycles. The molecule has 0 aromatic carbocycles. The summed E-state index contributed by atoms with van der Waals surface area (Å²) in [6, 6.07) is 2.67. The SMILES string of the molecule is CCC(C#N)(CC)C(=O)N1CCC(N(C)C)C1. The second-order valence-electron chi connectivity index (χ2n) is 5.06. The van der Waals surface area contributed by atoms with Crippen LogP contribution in [0.5, 0.6) is 0 Å². The Bertz CT molecular complexity index is 315. The molecule has 1 atom stereocenters. The van der Waals surface area contributed by atoms with Gasteiger partial charge in [-0.2, -0.15) is 5.26 Å². The number of carbonyl (C=O) groups is 1. The lowest BCUT2D eigenvalue weighted by Gasteiger charge is -2.28. The Kier molecular flexibility index (Phi) is 4.53. The molecule has 0 saturated carbocycles. The van der Waals surface area contributed by atoms with E-state index in [4.69, 9.17) is 0 Å². The lowest BCUT2D eigenvalue weighted by molar-refractivity contribution is -0.138. The first kappa shape index (κ1) is 14.0. The zero-order valence-corrected chi connectivity index (χ0v) is 11.4. The van der Waals surface area contributed by atoms with Gasteiger partial charge in [-0.25, -0.2) is 0 Å². The number of amides is 1. The van der Waals surface area contributed by atoms with Crippen LogP contribution in [0.4, 0.5) is 0 Å². The highest BCUT2D eigenvalue weighted by atomic mass is 16.2. The van der Waals surface area contributed by atoms with Crippen molar-refractivity contribution in [1.82, 2.24) is 9.80 Å². The Balaban J connectivity index is 2.75. The number of carbonyl (C=O) groups excluding carboxylic acids is 1. The summed E-state index contributed by atoms with van der Waals surface area (Å²) in [6.45, 7) is 5.38. The molecule has 1 unspecified atom stereocenters. The minimum atomic E-state index is -0.804. The minimum Gasteiger partial charge on any atom is -0.340 e. The Labute approximate surface area is 104 Å². The van der Waals surface area contributed by atoms with E-state index in [1.165, 1.54) is 0 Å². The maximum atomic E-state index is 12.4. The molecule has 1 amide bonds. The van der Waals surface area contributed by atoms with Gasteiger partial charge in [0.1, 0.15) is 5.41 Å². The molecule has 1 heterocycles. The van der Waals surface area contributed by atoms with Crippen molar-refractivity contribution in [3.8, 4) is 6.07 Å². The highest BCUT2D eigenvalue weighted by Gasteiger charge is 2.41. The highest BCUT2D eigenvalue weighted by Crippen LogP contribution is 2.30. The lowest BCUT2D eigenvalue weighted by Crippen LogP contribution is -2.43. The van der Waals surface area contributed by atoms with E-state index < -0.39 is 5.41 Å². The highest BCUT2D eigenvalue weighted by molar-refractivity contribution is 5.85. The predicted molar refractivity (Wildman–Crippen MR) is 67.3 cm³/mol. The molecule has 96 valence electrons. The van der Waals surface area contributed by atoms with Gasteiger partial charge in [-0.1, -0.05) is 13.8 Å². The molecule has 1 fully saturated rings. The number of hydrogen-bond acceptors (Lipinski definition) is 3. The van der Waals surface area contributed by atoms with E-state index in [-0.39, 0.29) is 5.91 Å². The number of likely N-dealkylation sites (N-methyl/N-ethyl adjacent to an activating group) is 1. The van der Waals surface area contributed by atoms with E-state index in [1.807, 2.05) is 32.8 Å². The summed E-state index contributed by atoms with van der Waals surface area (Å²) in [5, 5.41) is 9.27.